The molecule has 1 aromatic heterocycles. The van der Waals surface area contributed by atoms with Crippen molar-refractivity contribution >= 4 is 39.2 Å². The van der Waals surface area contributed by atoms with E-state index in [1.165, 1.54) is 30.9 Å². The second-order valence-corrected chi connectivity index (χ2v) is 7.99. The first kappa shape index (κ1) is 20.7. The molecule has 1 amide bonds. The molecule has 0 bridgehead atoms. The Balaban J connectivity index is 2.10. The predicted molar refractivity (Wildman–Crippen MR) is 112 cm³/mol. The summed E-state index contributed by atoms with van der Waals surface area (Å²) >= 11 is 1.35. The van der Waals surface area contributed by atoms with Gasteiger partial charge in [-0.2, -0.15) is 4.99 Å². The minimum absolute atomic E-state index is 0.0348. The van der Waals surface area contributed by atoms with Crippen molar-refractivity contribution in [1.29, 1.82) is 0 Å². The average Bonchev–Trinajstić information content (AvgIpc) is 3.03. The lowest BCUT2D eigenvalue weighted by Gasteiger charge is -2.06. The van der Waals surface area contributed by atoms with Crippen LogP contribution >= 0.6 is 11.3 Å². The van der Waals surface area contributed by atoms with Crippen LogP contribution in [0.2, 0.25) is 0 Å². The third-order valence-corrected chi connectivity index (χ3v) is 5.67. The summed E-state index contributed by atoms with van der Waals surface area (Å²) in [6, 6.07) is 12.4. The number of ether oxygens (including phenoxy) is 1. The van der Waals surface area contributed by atoms with Crippen molar-refractivity contribution in [2.24, 2.45) is 4.99 Å². The SMILES string of the molecule is COC(=O)Cn1c(=NC(=O)c2ccc(C(C)=O)cc2)sc2cc(C(C)C)ccc21. The molecule has 29 heavy (non-hydrogen) atoms. The number of hydrogen-bond donors (Lipinski definition) is 0. The molecule has 3 rings (SSSR count). The molecule has 0 spiro atoms. The quantitative estimate of drug-likeness (QED) is 0.471. The van der Waals surface area contributed by atoms with Crippen molar-refractivity contribution < 1.29 is 19.1 Å². The summed E-state index contributed by atoms with van der Waals surface area (Å²) in [4.78, 5) is 40.7. The lowest BCUT2D eigenvalue weighted by atomic mass is 10.0. The number of carbonyl (C=O) groups is 3. The number of nitrogens with zero attached hydrogens (tertiary/aromatic N) is 2. The monoisotopic (exact) mass is 410 g/mol. The van der Waals surface area contributed by atoms with Gasteiger partial charge in [0.2, 0.25) is 0 Å². The fraction of sp³-hybridized carbons (Fsp3) is 0.273. The van der Waals surface area contributed by atoms with Gasteiger partial charge in [0.05, 0.1) is 17.3 Å². The summed E-state index contributed by atoms with van der Waals surface area (Å²) in [6.07, 6.45) is 0. The first-order chi connectivity index (χ1) is 13.8. The highest BCUT2D eigenvalue weighted by Gasteiger charge is 2.14. The molecule has 0 aliphatic heterocycles. The van der Waals surface area contributed by atoms with Gasteiger partial charge < -0.3 is 9.30 Å². The zero-order chi connectivity index (χ0) is 21.1. The van der Waals surface area contributed by atoms with Crippen LogP contribution in [0.15, 0.2) is 47.5 Å². The highest BCUT2D eigenvalue weighted by Crippen LogP contribution is 2.23. The van der Waals surface area contributed by atoms with Crippen molar-refractivity contribution in [2.75, 3.05) is 7.11 Å². The standard InChI is InChI=1S/C22H22N2O4S/c1-13(2)17-9-10-18-19(11-17)29-22(24(18)12-20(26)28-4)23-21(27)16-7-5-15(6-8-16)14(3)25/h5-11,13H,12H2,1-4H3. The Labute approximate surface area is 172 Å². The van der Waals surface area contributed by atoms with Crippen molar-refractivity contribution in [3.63, 3.8) is 0 Å². The molecule has 0 N–H and O–H groups in total. The highest BCUT2D eigenvalue weighted by molar-refractivity contribution is 7.16. The minimum atomic E-state index is -0.436. The van der Waals surface area contributed by atoms with Crippen LogP contribution in [0.1, 0.15) is 53.0 Å². The number of Topliss-reactive ketones (excluding diaryl/α,β-unsaturated/α-hetero) is 1. The van der Waals surface area contributed by atoms with Gasteiger partial charge in [-0.15, -0.1) is 0 Å². The number of esters is 1. The van der Waals surface area contributed by atoms with E-state index < -0.39 is 11.9 Å². The summed E-state index contributed by atoms with van der Waals surface area (Å²) in [6.45, 7) is 5.65. The smallest absolute Gasteiger partial charge is 0.325 e. The number of thiazole rings is 1. The van der Waals surface area contributed by atoms with E-state index in [9.17, 15) is 14.4 Å². The summed E-state index contributed by atoms with van der Waals surface area (Å²) in [5.41, 5.74) is 2.90. The Morgan fingerprint density at radius 1 is 1.07 bits per heavy atom. The maximum absolute atomic E-state index is 12.7. The number of fused-ring (bicyclic) bond motifs is 1. The summed E-state index contributed by atoms with van der Waals surface area (Å²) in [7, 11) is 1.33. The molecule has 150 valence electrons. The molecule has 0 saturated heterocycles. The third kappa shape index (κ3) is 4.51. The number of methoxy groups -OCH3 is 1. The van der Waals surface area contributed by atoms with Crippen LogP contribution in [-0.4, -0.2) is 29.3 Å². The predicted octanol–water partition coefficient (Wildman–Crippen LogP) is 3.94. The van der Waals surface area contributed by atoms with Crippen LogP contribution in [-0.2, 0) is 16.1 Å². The van der Waals surface area contributed by atoms with Gasteiger partial charge in [0, 0.05) is 11.1 Å². The van der Waals surface area contributed by atoms with Crippen LogP contribution in [0.3, 0.4) is 0 Å². The number of ketones is 1. The number of benzene rings is 2. The lowest BCUT2D eigenvalue weighted by Crippen LogP contribution is -2.22. The van der Waals surface area contributed by atoms with Gasteiger partial charge in [-0.3, -0.25) is 14.4 Å². The third-order valence-electron chi connectivity index (χ3n) is 4.62. The normalized spacial score (nSPS) is 11.8. The number of amides is 1. The van der Waals surface area contributed by atoms with Crippen LogP contribution < -0.4 is 4.80 Å². The molecule has 3 aromatic rings. The molecular weight excluding hydrogens is 388 g/mol. The summed E-state index contributed by atoms with van der Waals surface area (Å²) < 4.78 is 7.44. The van der Waals surface area contributed by atoms with Gasteiger partial charge in [0.25, 0.3) is 5.91 Å². The molecule has 0 radical (unpaired) electrons. The van der Waals surface area contributed by atoms with Gasteiger partial charge in [0.1, 0.15) is 6.54 Å². The average molecular weight is 410 g/mol. The van der Waals surface area contributed by atoms with Crippen LogP contribution in [0.25, 0.3) is 10.2 Å². The highest BCUT2D eigenvalue weighted by atomic mass is 32.1. The van der Waals surface area contributed by atoms with E-state index in [4.69, 9.17) is 4.74 Å². The van der Waals surface area contributed by atoms with E-state index in [0.29, 0.717) is 21.8 Å². The molecule has 1 heterocycles. The van der Waals surface area contributed by atoms with Crippen LogP contribution in [0.4, 0.5) is 0 Å². The maximum Gasteiger partial charge on any atom is 0.325 e. The van der Waals surface area contributed by atoms with E-state index in [1.807, 2.05) is 12.1 Å². The van der Waals surface area contributed by atoms with Crippen molar-refractivity contribution in [3.05, 3.63) is 64.0 Å². The van der Waals surface area contributed by atoms with Crippen molar-refractivity contribution in [1.82, 2.24) is 4.57 Å². The van der Waals surface area contributed by atoms with E-state index in [2.05, 4.69) is 24.9 Å². The zero-order valence-corrected chi connectivity index (χ0v) is 17.6. The largest absolute Gasteiger partial charge is 0.468 e. The number of carbonyl (C=O) groups excluding carboxylic acids is 3. The first-order valence-corrected chi connectivity index (χ1v) is 10.0. The second kappa shape index (κ2) is 8.53. The Kier molecular flexibility index (Phi) is 6.08. The maximum atomic E-state index is 12.7. The first-order valence-electron chi connectivity index (χ1n) is 9.20. The van der Waals surface area contributed by atoms with Gasteiger partial charge in [0.15, 0.2) is 10.6 Å². The number of hydrogen-bond acceptors (Lipinski definition) is 5. The van der Waals surface area contributed by atoms with Gasteiger partial charge in [-0.05, 0) is 42.7 Å². The number of rotatable bonds is 5. The second-order valence-electron chi connectivity index (χ2n) is 6.98. The number of aromatic nitrogens is 1. The summed E-state index contributed by atoms with van der Waals surface area (Å²) in [5.74, 6) is -0.564. The Morgan fingerprint density at radius 2 is 1.72 bits per heavy atom. The van der Waals surface area contributed by atoms with E-state index in [1.54, 1.807) is 28.8 Å². The molecule has 2 aromatic carbocycles. The topological polar surface area (TPSA) is 77.7 Å². The van der Waals surface area contributed by atoms with Gasteiger partial charge in [-0.25, -0.2) is 0 Å². The molecular formula is C22H22N2O4S. The van der Waals surface area contributed by atoms with E-state index in [-0.39, 0.29) is 12.3 Å². The molecule has 0 unspecified atom stereocenters. The summed E-state index contributed by atoms with van der Waals surface area (Å²) in [5, 5.41) is 0. The zero-order valence-electron chi connectivity index (χ0n) is 16.8. The van der Waals surface area contributed by atoms with Gasteiger partial charge in [-0.1, -0.05) is 43.4 Å². The van der Waals surface area contributed by atoms with E-state index in [0.717, 1.165) is 10.2 Å². The molecule has 6 nitrogen and oxygen atoms in total. The Morgan fingerprint density at radius 3 is 2.31 bits per heavy atom. The Hall–Kier alpha value is -3.06. The molecule has 0 aliphatic carbocycles. The van der Waals surface area contributed by atoms with Gasteiger partial charge >= 0.3 is 5.97 Å². The molecule has 0 aliphatic rings. The fourth-order valence-electron chi connectivity index (χ4n) is 2.88. The molecule has 0 atom stereocenters. The van der Waals surface area contributed by atoms with Crippen molar-refractivity contribution in [2.45, 2.75) is 33.2 Å². The van der Waals surface area contributed by atoms with Crippen molar-refractivity contribution in [3.8, 4) is 0 Å². The Bertz CT molecular complexity index is 1150. The van der Waals surface area contributed by atoms with Crippen LogP contribution in [0.5, 0.6) is 0 Å². The fourth-order valence-corrected chi connectivity index (χ4v) is 3.96. The molecule has 7 heteroatoms. The molecule has 0 saturated carbocycles. The molecule has 0 fully saturated rings. The van der Waals surface area contributed by atoms with Crippen LogP contribution in [0, 0.1) is 0 Å². The van der Waals surface area contributed by atoms with E-state index >= 15 is 0 Å². The lowest BCUT2D eigenvalue weighted by molar-refractivity contribution is -0.141. The minimum Gasteiger partial charge on any atom is -0.468 e.